The van der Waals surface area contributed by atoms with E-state index >= 15 is 0 Å². The number of hydrogen-bond donors (Lipinski definition) is 0. The number of hydrogen-bond acceptors (Lipinski definition) is 5. The molecule has 0 bridgehead atoms. The van der Waals surface area contributed by atoms with Crippen LogP contribution in [0.4, 0.5) is 5.82 Å². The van der Waals surface area contributed by atoms with Crippen LogP contribution in [-0.2, 0) is 11.8 Å². The molecule has 0 spiro atoms. The van der Waals surface area contributed by atoms with Crippen molar-refractivity contribution in [3.63, 3.8) is 0 Å². The van der Waals surface area contributed by atoms with Crippen molar-refractivity contribution in [2.24, 2.45) is 7.05 Å². The van der Waals surface area contributed by atoms with Crippen LogP contribution < -0.4 is 4.90 Å². The number of fused-ring (bicyclic) bond motifs is 1. The minimum atomic E-state index is 0.270. The number of nitrogens with zero attached hydrogens (tertiary/aromatic N) is 5. The minimum absolute atomic E-state index is 0.270. The van der Waals surface area contributed by atoms with E-state index in [9.17, 15) is 4.79 Å². The van der Waals surface area contributed by atoms with E-state index < -0.39 is 0 Å². The SMILES string of the molecule is Cn1ncc2c(N3CCCC(=O)C3)ncnc21. The fourth-order valence-corrected chi connectivity index (χ4v) is 2.22. The Morgan fingerprint density at radius 3 is 3.06 bits per heavy atom. The van der Waals surface area contributed by atoms with E-state index in [2.05, 4.69) is 15.1 Å². The van der Waals surface area contributed by atoms with Gasteiger partial charge in [0.1, 0.15) is 12.1 Å². The molecular formula is C11H13N5O. The highest BCUT2D eigenvalue weighted by molar-refractivity contribution is 5.91. The molecule has 0 N–H and O–H groups in total. The lowest BCUT2D eigenvalue weighted by Crippen LogP contribution is -2.36. The van der Waals surface area contributed by atoms with Crippen LogP contribution in [0.5, 0.6) is 0 Å². The summed E-state index contributed by atoms with van der Waals surface area (Å²) in [6, 6.07) is 0. The molecule has 0 amide bonds. The van der Waals surface area contributed by atoms with Crippen LogP contribution in [-0.4, -0.2) is 38.6 Å². The monoisotopic (exact) mass is 231 g/mol. The Labute approximate surface area is 98.3 Å². The molecule has 3 rings (SSSR count). The molecule has 1 fully saturated rings. The molecule has 6 heteroatoms. The van der Waals surface area contributed by atoms with E-state index in [1.165, 1.54) is 6.33 Å². The summed E-state index contributed by atoms with van der Waals surface area (Å²) >= 11 is 0. The molecule has 0 aliphatic carbocycles. The minimum Gasteiger partial charge on any atom is -0.349 e. The van der Waals surface area contributed by atoms with Gasteiger partial charge >= 0.3 is 0 Å². The lowest BCUT2D eigenvalue weighted by atomic mass is 10.1. The van der Waals surface area contributed by atoms with Crippen molar-refractivity contribution >= 4 is 22.6 Å². The van der Waals surface area contributed by atoms with Crippen molar-refractivity contribution in [3.8, 4) is 0 Å². The number of ketones is 1. The largest absolute Gasteiger partial charge is 0.349 e. The second kappa shape index (κ2) is 3.80. The average molecular weight is 231 g/mol. The molecule has 3 heterocycles. The number of aryl methyl sites for hydroxylation is 1. The van der Waals surface area contributed by atoms with Gasteiger partial charge in [-0.2, -0.15) is 5.10 Å². The van der Waals surface area contributed by atoms with Crippen LogP contribution in [0.1, 0.15) is 12.8 Å². The molecule has 0 aromatic carbocycles. The third kappa shape index (κ3) is 1.65. The Hall–Kier alpha value is -1.98. The topological polar surface area (TPSA) is 63.9 Å². The lowest BCUT2D eigenvalue weighted by molar-refractivity contribution is -0.118. The predicted octanol–water partition coefficient (Wildman–Crippen LogP) is 0.533. The zero-order valence-electron chi connectivity index (χ0n) is 9.63. The van der Waals surface area contributed by atoms with Gasteiger partial charge in [-0.15, -0.1) is 0 Å². The van der Waals surface area contributed by atoms with Crippen molar-refractivity contribution in [2.45, 2.75) is 12.8 Å². The molecular weight excluding hydrogens is 218 g/mol. The summed E-state index contributed by atoms with van der Waals surface area (Å²) in [4.78, 5) is 22.0. The third-order valence-electron chi connectivity index (χ3n) is 3.06. The van der Waals surface area contributed by atoms with Crippen molar-refractivity contribution in [1.29, 1.82) is 0 Å². The van der Waals surface area contributed by atoms with Gasteiger partial charge in [-0.25, -0.2) is 9.97 Å². The summed E-state index contributed by atoms with van der Waals surface area (Å²) in [7, 11) is 1.85. The highest BCUT2D eigenvalue weighted by atomic mass is 16.1. The Morgan fingerprint density at radius 2 is 2.24 bits per heavy atom. The van der Waals surface area contributed by atoms with Crippen LogP contribution in [0.15, 0.2) is 12.5 Å². The average Bonchev–Trinajstić information content (AvgIpc) is 2.71. The zero-order chi connectivity index (χ0) is 11.8. The number of carbonyl (C=O) groups is 1. The molecule has 1 saturated heterocycles. The van der Waals surface area contributed by atoms with Crippen molar-refractivity contribution in [1.82, 2.24) is 19.7 Å². The van der Waals surface area contributed by atoms with Gasteiger partial charge in [0.2, 0.25) is 0 Å². The first-order valence-corrected chi connectivity index (χ1v) is 5.65. The molecule has 0 saturated carbocycles. The molecule has 1 aliphatic heterocycles. The highest BCUT2D eigenvalue weighted by Crippen LogP contribution is 2.23. The van der Waals surface area contributed by atoms with Crippen LogP contribution in [0.3, 0.4) is 0 Å². The van der Waals surface area contributed by atoms with Gasteiger partial charge in [0, 0.05) is 20.0 Å². The lowest BCUT2D eigenvalue weighted by Gasteiger charge is -2.26. The molecule has 0 radical (unpaired) electrons. The normalized spacial score (nSPS) is 16.8. The van der Waals surface area contributed by atoms with Crippen LogP contribution in [0.25, 0.3) is 11.0 Å². The van der Waals surface area contributed by atoms with Gasteiger partial charge < -0.3 is 4.90 Å². The molecule has 2 aromatic heterocycles. The Bertz CT molecular complexity index is 576. The quantitative estimate of drug-likeness (QED) is 0.716. The number of rotatable bonds is 1. The summed E-state index contributed by atoms with van der Waals surface area (Å²) in [6.07, 6.45) is 4.85. The summed E-state index contributed by atoms with van der Waals surface area (Å²) in [5.74, 6) is 1.09. The summed E-state index contributed by atoms with van der Waals surface area (Å²) in [5, 5.41) is 5.08. The number of carbonyl (C=O) groups excluding carboxylic acids is 1. The second-order valence-corrected chi connectivity index (χ2v) is 4.27. The van der Waals surface area contributed by atoms with Crippen LogP contribution >= 0.6 is 0 Å². The van der Waals surface area contributed by atoms with E-state index in [1.54, 1.807) is 10.9 Å². The van der Waals surface area contributed by atoms with Crippen LogP contribution in [0.2, 0.25) is 0 Å². The highest BCUT2D eigenvalue weighted by Gasteiger charge is 2.20. The number of aromatic nitrogens is 4. The maximum atomic E-state index is 11.5. The maximum Gasteiger partial charge on any atom is 0.163 e. The summed E-state index contributed by atoms with van der Waals surface area (Å²) in [5.41, 5.74) is 0.799. The second-order valence-electron chi connectivity index (χ2n) is 4.27. The third-order valence-corrected chi connectivity index (χ3v) is 3.06. The van der Waals surface area contributed by atoms with Gasteiger partial charge in [0.25, 0.3) is 0 Å². The van der Waals surface area contributed by atoms with Gasteiger partial charge in [0.15, 0.2) is 11.4 Å². The van der Waals surface area contributed by atoms with Crippen molar-refractivity contribution in [2.75, 3.05) is 18.0 Å². The Balaban J connectivity index is 2.07. The smallest absolute Gasteiger partial charge is 0.163 e. The first-order valence-electron chi connectivity index (χ1n) is 5.65. The molecule has 0 atom stereocenters. The molecule has 2 aromatic rings. The van der Waals surface area contributed by atoms with E-state index in [4.69, 9.17) is 0 Å². The Kier molecular flexibility index (Phi) is 2.28. The van der Waals surface area contributed by atoms with Crippen molar-refractivity contribution < 1.29 is 4.79 Å². The number of piperidine rings is 1. The summed E-state index contributed by atoms with van der Waals surface area (Å²) < 4.78 is 1.71. The summed E-state index contributed by atoms with van der Waals surface area (Å²) in [6.45, 7) is 1.31. The van der Waals surface area contributed by atoms with Gasteiger partial charge in [-0.3, -0.25) is 9.48 Å². The fraction of sp³-hybridized carbons (Fsp3) is 0.455. The Morgan fingerprint density at radius 1 is 1.35 bits per heavy atom. The van der Waals surface area contributed by atoms with E-state index in [0.717, 1.165) is 29.8 Å². The van der Waals surface area contributed by atoms with Gasteiger partial charge in [-0.05, 0) is 6.42 Å². The zero-order valence-corrected chi connectivity index (χ0v) is 9.63. The molecule has 0 unspecified atom stereocenters. The fourth-order valence-electron chi connectivity index (χ4n) is 2.22. The molecule has 1 aliphatic rings. The first kappa shape index (κ1) is 10.2. The van der Waals surface area contributed by atoms with Crippen LogP contribution in [0, 0.1) is 0 Å². The molecule has 88 valence electrons. The first-order chi connectivity index (χ1) is 8.25. The number of anilines is 1. The molecule has 6 nitrogen and oxygen atoms in total. The number of Topliss-reactive ketones (excluding diaryl/α,β-unsaturated/α-hetero) is 1. The van der Waals surface area contributed by atoms with Gasteiger partial charge in [0.05, 0.1) is 18.1 Å². The van der Waals surface area contributed by atoms with E-state index in [1.807, 2.05) is 11.9 Å². The molecule has 17 heavy (non-hydrogen) atoms. The predicted molar refractivity (Wildman–Crippen MR) is 62.8 cm³/mol. The van der Waals surface area contributed by atoms with Gasteiger partial charge in [-0.1, -0.05) is 0 Å². The van der Waals surface area contributed by atoms with E-state index in [0.29, 0.717) is 13.0 Å². The standard InChI is InChI=1S/C11H13N5O/c1-15-10-9(5-14-15)11(13-7-12-10)16-4-2-3-8(17)6-16/h5,7H,2-4,6H2,1H3. The van der Waals surface area contributed by atoms with Crippen molar-refractivity contribution in [3.05, 3.63) is 12.5 Å². The van der Waals surface area contributed by atoms with E-state index in [-0.39, 0.29) is 5.78 Å². The maximum absolute atomic E-state index is 11.5.